The second kappa shape index (κ2) is 3.67. The van der Waals surface area contributed by atoms with Gasteiger partial charge in [-0.15, -0.1) is 0 Å². The molecule has 0 unspecified atom stereocenters. The summed E-state index contributed by atoms with van der Waals surface area (Å²) in [6, 6.07) is 1.87. The molecule has 0 rings (SSSR count). The van der Waals surface area contributed by atoms with E-state index in [2.05, 4.69) is 11.7 Å². The van der Waals surface area contributed by atoms with Crippen molar-refractivity contribution in [3.8, 4) is 6.07 Å². The van der Waals surface area contributed by atoms with Crippen LogP contribution in [0.25, 0.3) is 0 Å². The Morgan fingerprint density at radius 2 is 2.33 bits per heavy atom. The van der Waals surface area contributed by atoms with E-state index >= 15 is 0 Å². The highest BCUT2D eigenvalue weighted by atomic mass is 15.0. The van der Waals surface area contributed by atoms with Gasteiger partial charge in [0.25, 0.3) is 0 Å². The van der Waals surface area contributed by atoms with Crippen LogP contribution in [0, 0.1) is 11.3 Å². The van der Waals surface area contributed by atoms with E-state index in [4.69, 9.17) is 5.26 Å². The minimum absolute atomic E-state index is 0.333. The van der Waals surface area contributed by atoms with E-state index in [1.165, 1.54) is 0 Å². The lowest BCUT2D eigenvalue weighted by atomic mass is 10.5. The summed E-state index contributed by atoms with van der Waals surface area (Å²) >= 11 is 0. The molecule has 0 aliphatic rings. The first-order valence-electron chi connectivity index (χ1n) is 2.45. The fourth-order valence-electron chi connectivity index (χ4n) is 0.350. The van der Waals surface area contributed by atoms with Crippen LogP contribution in [0.1, 0.15) is 0 Å². The first-order valence-corrected chi connectivity index (χ1v) is 2.45. The van der Waals surface area contributed by atoms with Crippen LogP contribution in [0.4, 0.5) is 0 Å². The van der Waals surface area contributed by atoms with E-state index in [1.54, 1.807) is 11.1 Å². The smallest absolute Gasteiger partial charge is 0.155 e. The first kappa shape index (κ1) is 7.70. The summed E-state index contributed by atoms with van der Waals surface area (Å²) in [5, 5.41) is 8.30. The Morgan fingerprint density at radius 1 is 1.78 bits per heavy atom. The molecule has 0 amide bonds. The highest BCUT2D eigenvalue weighted by Crippen LogP contribution is 1.91. The molecule has 0 aliphatic carbocycles. The lowest BCUT2D eigenvalue weighted by Crippen LogP contribution is -2.01. The average Bonchev–Trinajstić information content (AvgIpc) is 1.82. The van der Waals surface area contributed by atoms with Crippen LogP contribution >= 0.6 is 0 Å². The Morgan fingerprint density at radius 3 is 2.44 bits per heavy atom. The molecule has 0 spiro atoms. The van der Waals surface area contributed by atoms with Crippen LogP contribution in [0.2, 0.25) is 0 Å². The number of hydrogen-bond donors (Lipinski definition) is 0. The highest BCUT2D eigenvalue weighted by Gasteiger charge is 1.86. The lowest BCUT2D eigenvalue weighted by molar-refractivity contribution is 0.559. The van der Waals surface area contributed by atoms with Gasteiger partial charge < -0.3 is 4.90 Å². The maximum absolute atomic E-state index is 8.30. The summed E-state index contributed by atoms with van der Waals surface area (Å²) in [6.07, 6.45) is 1.60. The van der Waals surface area contributed by atoms with Crippen LogP contribution in [0.3, 0.4) is 0 Å². The minimum Gasteiger partial charge on any atom is -0.381 e. The maximum Gasteiger partial charge on any atom is 0.155 e. The van der Waals surface area contributed by atoms with Crippen molar-refractivity contribution in [2.75, 3.05) is 14.1 Å². The average molecular weight is 123 g/mol. The number of nitriles is 1. The molecule has 0 saturated carbocycles. The molecule has 0 bridgehead atoms. The topological polar surface area (TPSA) is 39.4 Å². The summed E-state index contributed by atoms with van der Waals surface area (Å²) in [6.45, 7) is 3.22. The summed E-state index contributed by atoms with van der Waals surface area (Å²) in [5.74, 6) is 0. The Kier molecular flexibility index (Phi) is 3.14. The maximum atomic E-state index is 8.30. The van der Waals surface area contributed by atoms with Gasteiger partial charge in [0.15, 0.2) is 5.70 Å². The van der Waals surface area contributed by atoms with Gasteiger partial charge in [0.2, 0.25) is 0 Å². The predicted octanol–water partition coefficient (Wildman–Crippen LogP) is 0.614. The van der Waals surface area contributed by atoms with E-state index in [0.29, 0.717) is 5.70 Å². The molecule has 0 N–H and O–H groups in total. The van der Waals surface area contributed by atoms with Crippen molar-refractivity contribution in [3.05, 3.63) is 11.9 Å². The van der Waals surface area contributed by atoms with Crippen molar-refractivity contribution < 1.29 is 0 Å². The van der Waals surface area contributed by atoms with Crippen molar-refractivity contribution in [1.29, 1.82) is 5.26 Å². The number of rotatable bonds is 2. The van der Waals surface area contributed by atoms with Gasteiger partial charge in [-0.3, -0.25) is 4.99 Å². The van der Waals surface area contributed by atoms with Crippen LogP contribution < -0.4 is 0 Å². The standard InChI is InChI=1S/C6H9N3/c1-8-6(4-7)5-9(2)3/h5H,1H2,2-3H3/b6-5-. The van der Waals surface area contributed by atoms with Crippen molar-refractivity contribution in [1.82, 2.24) is 4.90 Å². The van der Waals surface area contributed by atoms with Gasteiger partial charge in [0.1, 0.15) is 6.07 Å². The lowest BCUT2D eigenvalue weighted by Gasteiger charge is -2.01. The summed E-state index contributed by atoms with van der Waals surface area (Å²) in [5.41, 5.74) is 0.333. The van der Waals surface area contributed by atoms with Gasteiger partial charge in [-0.1, -0.05) is 0 Å². The van der Waals surface area contributed by atoms with E-state index in [9.17, 15) is 0 Å². The Labute approximate surface area is 54.9 Å². The van der Waals surface area contributed by atoms with E-state index in [1.807, 2.05) is 20.2 Å². The number of nitrogens with zero attached hydrogens (tertiary/aromatic N) is 3. The zero-order chi connectivity index (χ0) is 7.28. The molecule has 0 fully saturated rings. The molecule has 0 heterocycles. The van der Waals surface area contributed by atoms with Crippen molar-refractivity contribution in [2.45, 2.75) is 0 Å². The van der Waals surface area contributed by atoms with Gasteiger partial charge in [0, 0.05) is 20.3 Å². The summed E-state index contributed by atoms with van der Waals surface area (Å²) < 4.78 is 0. The molecule has 3 heteroatoms. The van der Waals surface area contributed by atoms with E-state index < -0.39 is 0 Å². The molecule has 0 aromatic rings. The van der Waals surface area contributed by atoms with Gasteiger partial charge in [-0.25, -0.2) is 0 Å². The number of hydrogen-bond acceptors (Lipinski definition) is 3. The molecule has 0 radical (unpaired) electrons. The molecule has 3 nitrogen and oxygen atoms in total. The Balaban J connectivity index is 4.12. The van der Waals surface area contributed by atoms with Gasteiger partial charge >= 0.3 is 0 Å². The fourth-order valence-corrected chi connectivity index (χ4v) is 0.350. The summed E-state index contributed by atoms with van der Waals surface area (Å²) in [4.78, 5) is 5.20. The molecular weight excluding hydrogens is 114 g/mol. The van der Waals surface area contributed by atoms with Crippen molar-refractivity contribution in [2.24, 2.45) is 4.99 Å². The molecule has 0 aliphatic heterocycles. The molecule has 48 valence electrons. The second-order valence-electron chi connectivity index (χ2n) is 1.75. The van der Waals surface area contributed by atoms with Gasteiger partial charge in [0.05, 0.1) is 0 Å². The normalized spacial score (nSPS) is 10.1. The molecular formula is C6H9N3. The van der Waals surface area contributed by atoms with Crippen LogP contribution in [0.15, 0.2) is 16.9 Å². The third-order valence-corrected chi connectivity index (χ3v) is 0.665. The second-order valence-corrected chi connectivity index (χ2v) is 1.75. The van der Waals surface area contributed by atoms with E-state index in [0.717, 1.165) is 0 Å². The number of allylic oxidation sites excluding steroid dienone is 1. The summed E-state index contributed by atoms with van der Waals surface area (Å²) in [7, 11) is 3.64. The molecule has 0 atom stereocenters. The van der Waals surface area contributed by atoms with Crippen molar-refractivity contribution >= 4 is 6.72 Å². The van der Waals surface area contributed by atoms with E-state index in [-0.39, 0.29) is 0 Å². The van der Waals surface area contributed by atoms with Gasteiger partial charge in [-0.2, -0.15) is 5.26 Å². The van der Waals surface area contributed by atoms with Crippen LogP contribution in [-0.2, 0) is 0 Å². The monoisotopic (exact) mass is 123 g/mol. The fraction of sp³-hybridized carbons (Fsp3) is 0.333. The van der Waals surface area contributed by atoms with Crippen LogP contribution in [-0.4, -0.2) is 25.7 Å². The predicted molar refractivity (Wildman–Crippen MR) is 36.9 cm³/mol. The quantitative estimate of drug-likeness (QED) is 0.398. The third-order valence-electron chi connectivity index (χ3n) is 0.665. The largest absolute Gasteiger partial charge is 0.381 e. The first-order chi connectivity index (χ1) is 4.20. The zero-order valence-electron chi connectivity index (χ0n) is 5.63. The minimum atomic E-state index is 0.333. The van der Waals surface area contributed by atoms with Gasteiger partial charge in [-0.05, 0) is 6.72 Å². The van der Waals surface area contributed by atoms with Crippen LogP contribution in [0.5, 0.6) is 0 Å². The molecule has 0 saturated heterocycles. The molecule has 0 aromatic carbocycles. The Bertz CT molecular complexity index is 162. The van der Waals surface area contributed by atoms with Crippen molar-refractivity contribution in [3.63, 3.8) is 0 Å². The highest BCUT2D eigenvalue weighted by molar-refractivity contribution is 5.33. The Hall–Kier alpha value is -1.30. The molecule has 9 heavy (non-hydrogen) atoms. The zero-order valence-corrected chi connectivity index (χ0v) is 5.63. The molecule has 0 aromatic heterocycles. The third kappa shape index (κ3) is 3.30. The SMILES string of the molecule is C=N/C(C#N)=C\N(C)C. The number of aliphatic imine (C=N–C) groups is 1.